The van der Waals surface area contributed by atoms with Crippen molar-refractivity contribution in [3.63, 3.8) is 0 Å². The number of hydrogen-bond donors (Lipinski definition) is 2. The summed E-state index contributed by atoms with van der Waals surface area (Å²) in [6.07, 6.45) is 3.34. The van der Waals surface area contributed by atoms with E-state index in [1.807, 2.05) is 25.1 Å². The minimum absolute atomic E-state index is 0.0212. The number of aryl methyl sites for hydroxylation is 1. The van der Waals surface area contributed by atoms with E-state index in [1.54, 1.807) is 12.2 Å². The van der Waals surface area contributed by atoms with E-state index in [4.69, 9.17) is 10.8 Å². The molecule has 0 saturated carbocycles. The third-order valence-corrected chi connectivity index (χ3v) is 1.95. The first-order valence-electron chi connectivity index (χ1n) is 4.34. The van der Waals surface area contributed by atoms with Gasteiger partial charge in [-0.3, -0.25) is 4.79 Å². The summed E-state index contributed by atoms with van der Waals surface area (Å²) in [7, 11) is 0. The highest BCUT2D eigenvalue weighted by Crippen LogP contribution is 2.17. The molecule has 0 atom stereocenters. The molecule has 0 heterocycles. The fourth-order valence-electron chi connectivity index (χ4n) is 1.14. The fourth-order valence-corrected chi connectivity index (χ4v) is 1.14. The Morgan fingerprint density at radius 2 is 2.29 bits per heavy atom. The number of hydrogen-bond acceptors (Lipinski definition) is 2. The van der Waals surface area contributed by atoms with Gasteiger partial charge in [0.25, 0.3) is 0 Å². The number of carboxylic acids is 1. The van der Waals surface area contributed by atoms with Gasteiger partial charge in [-0.05, 0) is 18.1 Å². The zero-order valence-corrected chi connectivity index (χ0v) is 8.03. The Hall–Kier alpha value is -1.77. The lowest BCUT2D eigenvalue weighted by Gasteiger charge is -2.02. The Kier molecular flexibility index (Phi) is 3.29. The maximum absolute atomic E-state index is 10.3. The SMILES string of the molecule is Cc1cccc(C=CCC(=O)O)c1N. The largest absolute Gasteiger partial charge is 0.481 e. The molecule has 0 fully saturated rings. The van der Waals surface area contributed by atoms with Crippen LogP contribution in [-0.4, -0.2) is 11.1 Å². The molecule has 74 valence electrons. The molecule has 14 heavy (non-hydrogen) atoms. The monoisotopic (exact) mass is 191 g/mol. The maximum Gasteiger partial charge on any atom is 0.307 e. The van der Waals surface area contributed by atoms with Crippen LogP contribution >= 0.6 is 0 Å². The lowest BCUT2D eigenvalue weighted by atomic mass is 10.1. The van der Waals surface area contributed by atoms with Crippen molar-refractivity contribution in [2.24, 2.45) is 0 Å². The van der Waals surface area contributed by atoms with Gasteiger partial charge in [0, 0.05) is 5.69 Å². The van der Waals surface area contributed by atoms with Crippen molar-refractivity contribution >= 4 is 17.7 Å². The van der Waals surface area contributed by atoms with E-state index in [0.29, 0.717) is 5.69 Å². The van der Waals surface area contributed by atoms with Gasteiger partial charge in [-0.25, -0.2) is 0 Å². The average Bonchev–Trinajstić information content (AvgIpc) is 2.12. The second-order valence-electron chi connectivity index (χ2n) is 3.08. The van der Waals surface area contributed by atoms with Crippen LogP contribution < -0.4 is 5.73 Å². The number of anilines is 1. The molecule has 0 saturated heterocycles. The van der Waals surface area contributed by atoms with Crippen LogP contribution in [0.4, 0.5) is 5.69 Å². The van der Waals surface area contributed by atoms with Crippen molar-refractivity contribution in [2.75, 3.05) is 5.73 Å². The van der Waals surface area contributed by atoms with Gasteiger partial charge < -0.3 is 10.8 Å². The summed E-state index contributed by atoms with van der Waals surface area (Å²) >= 11 is 0. The van der Waals surface area contributed by atoms with Crippen LogP contribution in [-0.2, 0) is 4.79 Å². The van der Waals surface area contributed by atoms with Crippen molar-refractivity contribution in [3.8, 4) is 0 Å². The summed E-state index contributed by atoms with van der Waals surface area (Å²) in [5.41, 5.74) is 8.37. The molecule has 1 aromatic carbocycles. The minimum Gasteiger partial charge on any atom is -0.481 e. The molecule has 3 heteroatoms. The van der Waals surface area contributed by atoms with Crippen LogP contribution in [0.2, 0.25) is 0 Å². The summed E-state index contributed by atoms with van der Waals surface area (Å²) in [5, 5.41) is 8.43. The second kappa shape index (κ2) is 4.46. The van der Waals surface area contributed by atoms with Gasteiger partial charge in [-0.2, -0.15) is 0 Å². The molecular formula is C11H13NO2. The quantitative estimate of drug-likeness (QED) is 0.719. The number of nitrogen functional groups attached to an aromatic ring is 1. The number of carboxylic acid groups (broad SMARTS) is 1. The van der Waals surface area contributed by atoms with Gasteiger partial charge in [0.15, 0.2) is 0 Å². The Bertz CT molecular complexity index is 370. The number of para-hydroxylation sites is 1. The molecule has 0 aliphatic carbocycles. The van der Waals surface area contributed by atoms with E-state index in [9.17, 15) is 4.79 Å². The molecule has 3 nitrogen and oxygen atoms in total. The van der Waals surface area contributed by atoms with Crippen LogP contribution in [0.5, 0.6) is 0 Å². The van der Waals surface area contributed by atoms with E-state index in [-0.39, 0.29) is 6.42 Å². The molecule has 0 spiro atoms. The first-order chi connectivity index (χ1) is 6.61. The number of benzene rings is 1. The molecule has 0 aliphatic rings. The zero-order chi connectivity index (χ0) is 10.6. The number of carbonyl (C=O) groups is 1. The van der Waals surface area contributed by atoms with Crippen molar-refractivity contribution < 1.29 is 9.90 Å². The summed E-state index contributed by atoms with van der Waals surface area (Å²) in [5.74, 6) is -0.840. The van der Waals surface area contributed by atoms with E-state index in [1.165, 1.54) is 0 Å². The van der Waals surface area contributed by atoms with Crippen molar-refractivity contribution in [1.82, 2.24) is 0 Å². The van der Waals surface area contributed by atoms with Crippen LogP contribution in [0, 0.1) is 6.92 Å². The van der Waals surface area contributed by atoms with Crippen LogP contribution in [0.1, 0.15) is 17.5 Å². The molecule has 0 amide bonds. The van der Waals surface area contributed by atoms with Gasteiger partial charge in [-0.1, -0.05) is 30.4 Å². The Balaban J connectivity index is 2.81. The summed E-state index contributed by atoms with van der Waals surface area (Å²) in [6, 6.07) is 5.68. The molecule has 3 N–H and O–H groups in total. The van der Waals surface area contributed by atoms with Crippen LogP contribution in [0.3, 0.4) is 0 Å². The van der Waals surface area contributed by atoms with Crippen molar-refractivity contribution in [2.45, 2.75) is 13.3 Å². The Morgan fingerprint density at radius 3 is 2.93 bits per heavy atom. The molecule has 1 rings (SSSR count). The summed E-state index contributed by atoms with van der Waals surface area (Å²) in [4.78, 5) is 10.3. The standard InChI is InChI=1S/C11H13NO2/c1-8-4-2-5-9(11(8)12)6-3-7-10(13)14/h2-6H,7,12H2,1H3,(H,13,14). The molecular weight excluding hydrogens is 178 g/mol. The van der Waals surface area contributed by atoms with E-state index in [0.717, 1.165) is 11.1 Å². The predicted octanol–water partition coefficient (Wildman–Crippen LogP) is 2.07. The highest BCUT2D eigenvalue weighted by atomic mass is 16.4. The highest BCUT2D eigenvalue weighted by molar-refractivity contribution is 5.73. The normalized spacial score (nSPS) is 10.6. The first-order valence-corrected chi connectivity index (χ1v) is 4.34. The molecule has 0 radical (unpaired) electrons. The number of rotatable bonds is 3. The van der Waals surface area contributed by atoms with E-state index >= 15 is 0 Å². The lowest BCUT2D eigenvalue weighted by molar-refractivity contribution is -0.135. The van der Waals surface area contributed by atoms with Crippen LogP contribution in [0.25, 0.3) is 6.08 Å². The first kappa shape index (κ1) is 10.3. The maximum atomic E-state index is 10.3. The van der Waals surface area contributed by atoms with Gasteiger partial charge in [0.2, 0.25) is 0 Å². The van der Waals surface area contributed by atoms with E-state index in [2.05, 4.69) is 0 Å². The smallest absolute Gasteiger partial charge is 0.307 e. The number of aliphatic carboxylic acids is 1. The Labute approximate surface area is 82.9 Å². The molecule has 0 aromatic heterocycles. The molecule has 0 aliphatic heterocycles. The van der Waals surface area contributed by atoms with Gasteiger partial charge in [0.05, 0.1) is 6.42 Å². The number of nitrogens with two attached hydrogens (primary N) is 1. The second-order valence-corrected chi connectivity index (χ2v) is 3.08. The van der Waals surface area contributed by atoms with Crippen molar-refractivity contribution in [1.29, 1.82) is 0 Å². The van der Waals surface area contributed by atoms with Gasteiger partial charge >= 0.3 is 5.97 Å². The molecule has 0 bridgehead atoms. The average molecular weight is 191 g/mol. The van der Waals surface area contributed by atoms with Crippen molar-refractivity contribution in [3.05, 3.63) is 35.4 Å². The molecule has 0 unspecified atom stereocenters. The summed E-state index contributed by atoms with van der Waals surface area (Å²) < 4.78 is 0. The van der Waals surface area contributed by atoms with E-state index < -0.39 is 5.97 Å². The molecule has 1 aromatic rings. The minimum atomic E-state index is -0.840. The van der Waals surface area contributed by atoms with Gasteiger partial charge in [-0.15, -0.1) is 0 Å². The van der Waals surface area contributed by atoms with Crippen LogP contribution in [0.15, 0.2) is 24.3 Å². The topological polar surface area (TPSA) is 63.3 Å². The third-order valence-electron chi connectivity index (χ3n) is 1.95. The third kappa shape index (κ3) is 2.62. The lowest BCUT2D eigenvalue weighted by Crippen LogP contribution is -1.93. The van der Waals surface area contributed by atoms with Gasteiger partial charge in [0.1, 0.15) is 0 Å². The highest BCUT2D eigenvalue weighted by Gasteiger charge is 1.97. The fraction of sp³-hybridized carbons (Fsp3) is 0.182. The summed E-state index contributed by atoms with van der Waals surface area (Å²) in [6.45, 7) is 1.92. The zero-order valence-electron chi connectivity index (χ0n) is 8.03. The predicted molar refractivity (Wildman–Crippen MR) is 56.9 cm³/mol. The Morgan fingerprint density at radius 1 is 1.57 bits per heavy atom.